The van der Waals surface area contributed by atoms with Crippen molar-refractivity contribution in [2.75, 3.05) is 25.9 Å². The topological polar surface area (TPSA) is 75.7 Å². The van der Waals surface area contributed by atoms with Crippen LogP contribution in [0.25, 0.3) is 10.8 Å². The van der Waals surface area contributed by atoms with Gasteiger partial charge in [0.2, 0.25) is 10.0 Å². The number of ether oxygens (including phenoxy) is 1. The third kappa shape index (κ3) is 3.83. The van der Waals surface area contributed by atoms with E-state index in [1.165, 1.54) is 33.3 Å². The van der Waals surface area contributed by atoms with E-state index in [1.54, 1.807) is 18.2 Å². The standard InChI is InChI=1S/C19H20N2O4S2/c1-21(2)27(23,24)16-11-9-15(10-12-16)20-26(22)19-17-7-5-4-6-14(17)8-13-18(19)25-3/h4-13,20H,1-3H3/t26-/m0/s1. The van der Waals surface area contributed by atoms with E-state index in [9.17, 15) is 12.6 Å². The first-order chi connectivity index (χ1) is 12.8. The molecule has 27 heavy (non-hydrogen) atoms. The van der Waals surface area contributed by atoms with E-state index in [-0.39, 0.29) is 4.90 Å². The van der Waals surface area contributed by atoms with E-state index >= 15 is 0 Å². The van der Waals surface area contributed by atoms with E-state index in [2.05, 4.69) is 4.72 Å². The summed E-state index contributed by atoms with van der Waals surface area (Å²) < 4.78 is 46.7. The molecule has 0 saturated heterocycles. The van der Waals surface area contributed by atoms with Crippen molar-refractivity contribution >= 4 is 37.5 Å². The Labute approximate surface area is 161 Å². The van der Waals surface area contributed by atoms with Gasteiger partial charge in [0.15, 0.2) is 11.0 Å². The molecular weight excluding hydrogens is 384 g/mol. The second kappa shape index (κ2) is 7.67. The fourth-order valence-corrected chi connectivity index (χ4v) is 4.71. The van der Waals surface area contributed by atoms with Crippen molar-refractivity contribution in [1.82, 2.24) is 4.31 Å². The van der Waals surface area contributed by atoms with Crippen LogP contribution in [0.15, 0.2) is 70.5 Å². The molecule has 3 rings (SSSR count). The number of anilines is 1. The van der Waals surface area contributed by atoms with Gasteiger partial charge in [-0.1, -0.05) is 30.3 Å². The lowest BCUT2D eigenvalue weighted by Gasteiger charge is -2.14. The van der Waals surface area contributed by atoms with Gasteiger partial charge in [-0.05, 0) is 35.7 Å². The SMILES string of the molecule is COc1ccc2ccccc2c1[S@](=O)Nc1ccc(S(=O)(=O)N(C)C)cc1. The van der Waals surface area contributed by atoms with E-state index in [1.807, 2.05) is 30.3 Å². The highest BCUT2D eigenvalue weighted by Crippen LogP contribution is 2.31. The van der Waals surface area contributed by atoms with E-state index < -0.39 is 21.0 Å². The molecule has 1 N–H and O–H groups in total. The van der Waals surface area contributed by atoms with Crippen LogP contribution in [0.5, 0.6) is 5.75 Å². The van der Waals surface area contributed by atoms with Crippen molar-refractivity contribution in [2.45, 2.75) is 9.79 Å². The summed E-state index contributed by atoms with van der Waals surface area (Å²) in [5.41, 5.74) is 0.543. The average Bonchev–Trinajstić information content (AvgIpc) is 2.67. The zero-order valence-electron chi connectivity index (χ0n) is 15.2. The average molecular weight is 405 g/mol. The van der Waals surface area contributed by atoms with E-state index in [0.717, 1.165) is 15.1 Å². The number of nitrogens with one attached hydrogen (secondary N) is 1. The number of nitrogens with zero attached hydrogens (tertiary/aromatic N) is 1. The normalized spacial score (nSPS) is 12.9. The van der Waals surface area contributed by atoms with E-state index in [4.69, 9.17) is 4.74 Å². The molecule has 0 amide bonds. The summed E-state index contributed by atoms with van der Waals surface area (Å²) in [5.74, 6) is 0.520. The Hall–Kier alpha value is -2.42. The molecule has 0 unspecified atom stereocenters. The molecule has 0 aromatic heterocycles. The zero-order valence-corrected chi connectivity index (χ0v) is 16.8. The molecular formula is C19H20N2O4S2. The first kappa shape index (κ1) is 19.3. The number of fused-ring (bicyclic) bond motifs is 1. The lowest BCUT2D eigenvalue weighted by Crippen LogP contribution is -2.22. The fraction of sp³-hybridized carbons (Fsp3) is 0.158. The Morgan fingerprint density at radius 2 is 1.63 bits per heavy atom. The maximum Gasteiger partial charge on any atom is 0.242 e. The van der Waals surface area contributed by atoms with Gasteiger partial charge in [-0.2, -0.15) is 0 Å². The molecule has 3 aromatic rings. The molecule has 0 radical (unpaired) electrons. The van der Waals surface area contributed by atoms with Gasteiger partial charge >= 0.3 is 0 Å². The first-order valence-corrected chi connectivity index (χ1v) is 10.7. The Morgan fingerprint density at radius 1 is 0.963 bits per heavy atom. The summed E-state index contributed by atoms with van der Waals surface area (Å²) in [6, 6.07) is 17.5. The summed E-state index contributed by atoms with van der Waals surface area (Å²) in [4.78, 5) is 0.715. The van der Waals surface area contributed by atoms with Gasteiger partial charge in [-0.3, -0.25) is 0 Å². The lowest BCUT2D eigenvalue weighted by molar-refractivity contribution is 0.405. The van der Waals surface area contributed by atoms with Gasteiger partial charge < -0.3 is 9.46 Å². The molecule has 0 spiro atoms. The van der Waals surface area contributed by atoms with Crippen molar-refractivity contribution in [3.8, 4) is 5.75 Å². The van der Waals surface area contributed by atoms with Gasteiger partial charge in [0.25, 0.3) is 0 Å². The minimum atomic E-state index is -3.50. The van der Waals surface area contributed by atoms with Crippen molar-refractivity contribution in [3.05, 3.63) is 60.7 Å². The molecule has 142 valence electrons. The third-order valence-corrected chi connectivity index (χ3v) is 7.13. The molecule has 0 aliphatic heterocycles. The van der Waals surface area contributed by atoms with Crippen LogP contribution in [0.2, 0.25) is 0 Å². The second-order valence-corrected chi connectivity index (χ2v) is 9.30. The second-order valence-electron chi connectivity index (χ2n) is 6.00. The summed E-state index contributed by atoms with van der Waals surface area (Å²) in [6.07, 6.45) is 0. The molecule has 8 heteroatoms. The number of benzene rings is 3. The van der Waals surface area contributed by atoms with E-state index in [0.29, 0.717) is 16.3 Å². The van der Waals surface area contributed by atoms with Gasteiger partial charge in [-0.15, -0.1) is 0 Å². The maximum absolute atomic E-state index is 13.0. The van der Waals surface area contributed by atoms with Crippen LogP contribution < -0.4 is 9.46 Å². The molecule has 6 nitrogen and oxygen atoms in total. The van der Waals surface area contributed by atoms with Crippen molar-refractivity contribution in [1.29, 1.82) is 0 Å². The van der Waals surface area contributed by atoms with Gasteiger partial charge in [0.1, 0.15) is 10.6 Å². The molecule has 0 saturated carbocycles. The van der Waals surface area contributed by atoms with Crippen molar-refractivity contribution in [2.24, 2.45) is 0 Å². The predicted molar refractivity (Wildman–Crippen MR) is 108 cm³/mol. The Balaban J connectivity index is 1.94. The molecule has 0 fully saturated rings. The van der Waals surface area contributed by atoms with Crippen LogP contribution >= 0.6 is 0 Å². The Morgan fingerprint density at radius 3 is 2.26 bits per heavy atom. The number of rotatable bonds is 6. The summed E-state index contributed by atoms with van der Waals surface area (Å²) in [7, 11) is -0.611. The molecule has 0 heterocycles. The quantitative estimate of drug-likeness (QED) is 0.684. The minimum Gasteiger partial charge on any atom is -0.495 e. The Bertz CT molecular complexity index is 1090. The number of methoxy groups -OCH3 is 1. The molecule has 0 aliphatic rings. The third-order valence-electron chi connectivity index (χ3n) is 4.09. The molecule has 0 aliphatic carbocycles. The van der Waals surface area contributed by atoms with Crippen LogP contribution in [-0.2, 0) is 21.0 Å². The fourth-order valence-electron chi connectivity index (χ4n) is 2.64. The number of hydrogen-bond acceptors (Lipinski definition) is 4. The summed E-state index contributed by atoms with van der Waals surface area (Å²) in [6.45, 7) is 0. The molecule has 1 atom stereocenters. The van der Waals surface area contributed by atoms with Crippen LogP contribution in [-0.4, -0.2) is 38.1 Å². The smallest absolute Gasteiger partial charge is 0.242 e. The lowest BCUT2D eigenvalue weighted by atomic mass is 10.1. The highest BCUT2D eigenvalue weighted by molar-refractivity contribution is 7.89. The van der Waals surface area contributed by atoms with Gasteiger partial charge in [-0.25, -0.2) is 16.9 Å². The van der Waals surface area contributed by atoms with Crippen molar-refractivity contribution < 1.29 is 17.4 Å². The highest BCUT2D eigenvalue weighted by Gasteiger charge is 2.18. The monoisotopic (exact) mass is 404 g/mol. The largest absolute Gasteiger partial charge is 0.495 e. The van der Waals surface area contributed by atoms with Gasteiger partial charge in [0.05, 0.1) is 12.0 Å². The van der Waals surface area contributed by atoms with Crippen LogP contribution in [0.1, 0.15) is 0 Å². The zero-order chi connectivity index (χ0) is 19.6. The minimum absolute atomic E-state index is 0.173. The molecule has 0 bridgehead atoms. The first-order valence-electron chi connectivity index (χ1n) is 8.11. The van der Waals surface area contributed by atoms with Crippen LogP contribution in [0.4, 0.5) is 5.69 Å². The highest BCUT2D eigenvalue weighted by atomic mass is 32.2. The van der Waals surface area contributed by atoms with Crippen molar-refractivity contribution in [3.63, 3.8) is 0 Å². The summed E-state index contributed by atoms with van der Waals surface area (Å²) >= 11 is 0. The summed E-state index contributed by atoms with van der Waals surface area (Å²) in [5, 5.41) is 1.78. The van der Waals surface area contributed by atoms with Gasteiger partial charge in [0, 0.05) is 25.2 Å². The number of sulfonamides is 1. The van der Waals surface area contributed by atoms with Crippen LogP contribution in [0, 0.1) is 0 Å². The van der Waals surface area contributed by atoms with Crippen LogP contribution in [0.3, 0.4) is 0 Å². The maximum atomic E-state index is 13.0. The Kier molecular flexibility index (Phi) is 5.50. The predicted octanol–water partition coefficient (Wildman–Crippen LogP) is 3.23. The molecule has 3 aromatic carbocycles. The number of hydrogen-bond donors (Lipinski definition) is 1.